The summed E-state index contributed by atoms with van der Waals surface area (Å²) < 4.78 is 0. The van der Waals surface area contributed by atoms with E-state index in [1.165, 1.54) is 11.1 Å². The van der Waals surface area contributed by atoms with E-state index in [-0.39, 0.29) is 0 Å². The lowest BCUT2D eigenvalue weighted by Crippen LogP contribution is -2.32. The first kappa shape index (κ1) is 12.3. The molecule has 1 nitrogen and oxygen atoms in total. The first-order valence-corrected chi connectivity index (χ1v) is 5.92. The molecule has 0 aliphatic carbocycles. The predicted molar refractivity (Wildman–Crippen MR) is 67.2 cm³/mol. The van der Waals surface area contributed by atoms with Crippen LogP contribution in [-0.2, 0) is 6.42 Å². The Balaban J connectivity index is 2.50. The first-order chi connectivity index (χ1) is 7.13. The van der Waals surface area contributed by atoms with E-state index >= 15 is 0 Å². The Morgan fingerprint density at radius 2 is 1.73 bits per heavy atom. The van der Waals surface area contributed by atoms with Crippen LogP contribution in [0.3, 0.4) is 0 Å². The van der Waals surface area contributed by atoms with Crippen molar-refractivity contribution in [3.05, 3.63) is 35.4 Å². The average molecular weight is 205 g/mol. The molecule has 15 heavy (non-hydrogen) atoms. The zero-order valence-electron chi connectivity index (χ0n) is 10.4. The Morgan fingerprint density at radius 3 is 2.27 bits per heavy atom. The van der Waals surface area contributed by atoms with Crippen LogP contribution in [-0.4, -0.2) is 12.6 Å². The molecule has 0 aliphatic rings. The molecule has 0 amide bonds. The van der Waals surface area contributed by atoms with Gasteiger partial charge in [-0.3, -0.25) is 0 Å². The number of hydrogen-bond acceptors (Lipinski definition) is 1. The van der Waals surface area contributed by atoms with Gasteiger partial charge in [0.1, 0.15) is 0 Å². The molecule has 2 unspecified atom stereocenters. The highest BCUT2D eigenvalue weighted by Gasteiger charge is 2.10. The molecule has 0 heterocycles. The van der Waals surface area contributed by atoms with Crippen molar-refractivity contribution in [2.75, 3.05) is 6.54 Å². The molecule has 0 bridgehead atoms. The minimum atomic E-state index is 0.594. The number of benzene rings is 1. The normalized spacial score (nSPS) is 14.9. The van der Waals surface area contributed by atoms with Crippen LogP contribution in [0.2, 0.25) is 0 Å². The quantitative estimate of drug-likeness (QED) is 0.778. The summed E-state index contributed by atoms with van der Waals surface area (Å²) in [5.41, 5.74) is 2.78. The van der Waals surface area contributed by atoms with E-state index in [1.807, 2.05) is 0 Å². The molecule has 84 valence electrons. The fourth-order valence-corrected chi connectivity index (χ4v) is 1.80. The minimum absolute atomic E-state index is 0.594. The topological polar surface area (TPSA) is 12.0 Å². The highest BCUT2D eigenvalue weighted by molar-refractivity contribution is 5.21. The van der Waals surface area contributed by atoms with Crippen LogP contribution < -0.4 is 5.32 Å². The maximum absolute atomic E-state index is 3.48. The van der Waals surface area contributed by atoms with Gasteiger partial charge < -0.3 is 5.32 Å². The SMILES string of the molecule is CCNC(C)C(C)Cc1ccc(C)cc1. The van der Waals surface area contributed by atoms with Crippen LogP contribution >= 0.6 is 0 Å². The molecule has 0 aromatic heterocycles. The molecule has 1 rings (SSSR count). The lowest BCUT2D eigenvalue weighted by molar-refractivity contribution is 0.406. The third-order valence-corrected chi connectivity index (χ3v) is 3.06. The maximum atomic E-state index is 3.48. The van der Waals surface area contributed by atoms with Crippen molar-refractivity contribution < 1.29 is 0 Å². The summed E-state index contributed by atoms with van der Waals surface area (Å²) in [5.74, 6) is 0.688. The van der Waals surface area contributed by atoms with Crippen LogP contribution in [0.25, 0.3) is 0 Å². The van der Waals surface area contributed by atoms with Gasteiger partial charge in [0, 0.05) is 6.04 Å². The van der Waals surface area contributed by atoms with Crippen molar-refractivity contribution in [1.82, 2.24) is 5.32 Å². The van der Waals surface area contributed by atoms with Crippen molar-refractivity contribution in [3.63, 3.8) is 0 Å². The van der Waals surface area contributed by atoms with E-state index in [0.717, 1.165) is 13.0 Å². The van der Waals surface area contributed by atoms with Gasteiger partial charge >= 0.3 is 0 Å². The molecular weight excluding hydrogens is 182 g/mol. The van der Waals surface area contributed by atoms with E-state index in [0.29, 0.717) is 12.0 Å². The van der Waals surface area contributed by atoms with Gasteiger partial charge in [-0.05, 0) is 38.3 Å². The van der Waals surface area contributed by atoms with Gasteiger partial charge in [0.25, 0.3) is 0 Å². The number of rotatable bonds is 5. The molecule has 1 N–H and O–H groups in total. The van der Waals surface area contributed by atoms with Crippen LogP contribution in [0, 0.1) is 12.8 Å². The summed E-state index contributed by atoms with van der Waals surface area (Å²) in [4.78, 5) is 0. The van der Waals surface area contributed by atoms with Gasteiger partial charge in [-0.25, -0.2) is 0 Å². The predicted octanol–water partition coefficient (Wildman–Crippen LogP) is 3.17. The zero-order valence-corrected chi connectivity index (χ0v) is 10.4. The van der Waals surface area contributed by atoms with Gasteiger partial charge in [-0.15, -0.1) is 0 Å². The summed E-state index contributed by atoms with van der Waals surface area (Å²) in [6.45, 7) is 9.93. The van der Waals surface area contributed by atoms with Crippen LogP contribution in [0.4, 0.5) is 0 Å². The van der Waals surface area contributed by atoms with E-state index in [2.05, 4.69) is 57.3 Å². The molecule has 0 spiro atoms. The summed E-state index contributed by atoms with van der Waals surface area (Å²) in [6, 6.07) is 9.46. The Kier molecular flexibility index (Phi) is 4.83. The third kappa shape index (κ3) is 4.05. The second kappa shape index (κ2) is 5.92. The van der Waals surface area contributed by atoms with Gasteiger partial charge in [0.05, 0.1) is 0 Å². The van der Waals surface area contributed by atoms with Gasteiger partial charge in [-0.1, -0.05) is 43.7 Å². The van der Waals surface area contributed by atoms with Crippen LogP contribution in [0.15, 0.2) is 24.3 Å². The molecule has 0 fully saturated rings. The molecule has 0 radical (unpaired) electrons. The van der Waals surface area contributed by atoms with Gasteiger partial charge in [0.15, 0.2) is 0 Å². The highest BCUT2D eigenvalue weighted by Crippen LogP contribution is 2.12. The second-order valence-electron chi connectivity index (χ2n) is 4.51. The lowest BCUT2D eigenvalue weighted by Gasteiger charge is -2.20. The number of nitrogens with one attached hydrogen (secondary N) is 1. The molecule has 1 aromatic rings. The number of hydrogen-bond donors (Lipinski definition) is 1. The minimum Gasteiger partial charge on any atom is -0.314 e. The molecule has 0 saturated carbocycles. The Labute approximate surface area is 93.9 Å². The van der Waals surface area contributed by atoms with Crippen molar-refractivity contribution in [2.45, 2.75) is 40.2 Å². The molecule has 2 atom stereocenters. The van der Waals surface area contributed by atoms with Gasteiger partial charge in [0.2, 0.25) is 0 Å². The molecule has 1 heteroatoms. The van der Waals surface area contributed by atoms with E-state index in [9.17, 15) is 0 Å². The Hall–Kier alpha value is -0.820. The van der Waals surface area contributed by atoms with Crippen molar-refractivity contribution >= 4 is 0 Å². The fourth-order valence-electron chi connectivity index (χ4n) is 1.80. The Morgan fingerprint density at radius 1 is 1.13 bits per heavy atom. The van der Waals surface area contributed by atoms with Crippen molar-refractivity contribution in [1.29, 1.82) is 0 Å². The molecular formula is C14H23N. The van der Waals surface area contributed by atoms with Crippen molar-refractivity contribution in [3.8, 4) is 0 Å². The second-order valence-corrected chi connectivity index (χ2v) is 4.51. The molecule has 0 aliphatic heterocycles. The van der Waals surface area contributed by atoms with Crippen LogP contribution in [0.5, 0.6) is 0 Å². The molecule has 0 saturated heterocycles. The summed E-state index contributed by atoms with van der Waals surface area (Å²) >= 11 is 0. The maximum Gasteiger partial charge on any atom is 0.00674 e. The van der Waals surface area contributed by atoms with Gasteiger partial charge in [-0.2, -0.15) is 0 Å². The van der Waals surface area contributed by atoms with Crippen molar-refractivity contribution in [2.24, 2.45) is 5.92 Å². The largest absolute Gasteiger partial charge is 0.314 e. The highest BCUT2D eigenvalue weighted by atomic mass is 14.9. The van der Waals surface area contributed by atoms with Crippen LogP contribution in [0.1, 0.15) is 31.9 Å². The summed E-state index contributed by atoms with van der Waals surface area (Å²) in [6.07, 6.45) is 1.16. The fraction of sp³-hybridized carbons (Fsp3) is 0.571. The molecule has 1 aromatic carbocycles. The van der Waals surface area contributed by atoms with E-state index < -0.39 is 0 Å². The Bertz CT molecular complexity index is 276. The first-order valence-electron chi connectivity index (χ1n) is 5.92. The standard InChI is InChI=1S/C14H23N/c1-5-15-13(4)12(3)10-14-8-6-11(2)7-9-14/h6-9,12-13,15H,5,10H2,1-4H3. The zero-order chi connectivity index (χ0) is 11.3. The monoisotopic (exact) mass is 205 g/mol. The smallest absolute Gasteiger partial charge is 0.00674 e. The summed E-state index contributed by atoms with van der Waals surface area (Å²) in [7, 11) is 0. The summed E-state index contributed by atoms with van der Waals surface area (Å²) in [5, 5.41) is 3.48. The lowest BCUT2D eigenvalue weighted by atomic mass is 9.94. The van der Waals surface area contributed by atoms with E-state index in [1.54, 1.807) is 0 Å². The van der Waals surface area contributed by atoms with E-state index in [4.69, 9.17) is 0 Å². The number of aryl methyl sites for hydroxylation is 1. The average Bonchev–Trinajstić information content (AvgIpc) is 2.22. The third-order valence-electron chi connectivity index (χ3n) is 3.06.